The molecule has 0 unspecified atom stereocenters. The van der Waals surface area contributed by atoms with Gasteiger partial charge in [-0.25, -0.2) is 14.2 Å². The number of rotatable bonds is 17. The quantitative estimate of drug-likeness (QED) is 0.0586. The van der Waals surface area contributed by atoms with E-state index in [-0.39, 0.29) is 25.8 Å². The summed E-state index contributed by atoms with van der Waals surface area (Å²) in [7, 11) is -1.04. The average Bonchev–Trinajstić information content (AvgIpc) is 3.70. The highest BCUT2D eigenvalue weighted by atomic mass is 79.9. The number of aromatic nitrogens is 4. The summed E-state index contributed by atoms with van der Waals surface area (Å²) in [5.41, 5.74) is 2.07. The minimum absolute atomic E-state index is 0.148. The minimum atomic E-state index is -1.34. The van der Waals surface area contributed by atoms with Crippen molar-refractivity contribution < 1.29 is 28.1 Å². The second-order valence-electron chi connectivity index (χ2n) is 17.5. The Kier molecular flexibility index (Phi) is 12.8. The van der Waals surface area contributed by atoms with Crippen molar-refractivity contribution in [1.82, 2.24) is 24.5 Å². The van der Waals surface area contributed by atoms with Crippen LogP contribution in [0.15, 0.2) is 41.1 Å². The number of amides is 1. The molecule has 11 nitrogen and oxygen atoms in total. The second kappa shape index (κ2) is 16.4. The number of nitrogens with zero attached hydrogens (tertiary/aromatic N) is 6. The van der Waals surface area contributed by atoms with Crippen LogP contribution < -0.4 is 4.90 Å². The number of anilines is 1. The fraction of sp³-hybridized carbons (Fsp3) is 0.579. The molecule has 0 N–H and O–H groups in total. The molecule has 0 saturated heterocycles. The molecule has 0 bridgehead atoms. The number of halogens is 2. The molecule has 1 fully saturated rings. The van der Waals surface area contributed by atoms with Crippen molar-refractivity contribution in [2.45, 2.75) is 103 Å². The van der Waals surface area contributed by atoms with Crippen molar-refractivity contribution >= 4 is 60.5 Å². The SMILES string of the molecule is COCC1(N(Cc2nc3c(-c4cnc5ccc(F)cc5c4)cnn3c(N(COCC[Si](C)(C)C)COCC[Si](C)(C)C)c2Br)C(=O)OC(C)(C)C)CC1. The van der Waals surface area contributed by atoms with E-state index < -0.39 is 33.4 Å². The van der Waals surface area contributed by atoms with Gasteiger partial charge in [-0.1, -0.05) is 39.3 Å². The summed E-state index contributed by atoms with van der Waals surface area (Å²) in [6.45, 7) is 21.8. The number of pyridine rings is 1. The predicted molar refractivity (Wildman–Crippen MR) is 217 cm³/mol. The maximum atomic E-state index is 14.3. The first-order valence-corrected chi connectivity index (χ1v) is 26.5. The summed E-state index contributed by atoms with van der Waals surface area (Å²) in [5, 5.41) is 5.53. The van der Waals surface area contributed by atoms with E-state index in [1.807, 2.05) is 31.7 Å². The lowest BCUT2D eigenvalue weighted by atomic mass is 10.1. The number of methoxy groups -OCH3 is 1. The Hall–Kier alpha value is -2.96. The largest absolute Gasteiger partial charge is 0.444 e. The average molecular weight is 832 g/mol. The number of carbonyl (C=O) groups excluding carboxylic acids is 1. The van der Waals surface area contributed by atoms with Crippen LogP contribution in [0.3, 0.4) is 0 Å². The van der Waals surface area contributed by atoms with Gasteiger partial charge >= 0.3 is 6.09 Å². The van der Waals surface area contributed by atoms with Crippen molar-refractivity contribution in [2.75, 3.05) is 45.3 Å². The van der Waals surface area contributed by atoms with Crippen LogP contribution in [0.4, 0.5) is 15.0 Å². The first kappa shape index (κ1) is 41.2. The van der Waals surface area contributed by atoms with Gasteiger partial charge in [-0.15, -0.1) is 0 Å². The van der Waals surface area contributed by atoms with Crippen LogP contribution >= 0.6 is 15.9 Å². The highest BCUT2D eigenvalue weighted by Gasteiger charge is 2.52. The molecule has 5 rings (SSSR count). The molecule has 1 aromatic carbocycles. The molecule has 4 aromatic rings. The van der Waals surface area contributed by atoms with E-state index in [1.54, 1.807) is 35.0 Å². The highest BCUT2D eigenvalue weighted by Crippen LogP contribution is 2.45. The fourth-order valence-corrected chi connectivity index (χ4v) is 8.04. The molecule has 1 amide bonds. The lowest BCUT2D eigenvalue weighted by Crippen LogP contribution is -2.47. The number of ether oxygens (including phenoxy) is 4. The van der Waals surface area contributed by atoms with Crippen molar-refractivity contribution in [3.63, 3.8) is 0 Å². The minimum Gasteiger partial charge on any atom is -0.444 e. The standard InChI is InChI=1S/C38H56BrFN6O5Si2/c1-37(2,3)51-36(47)45(38(13-14-38)24-48-4)23-32-33(39)35(44(25-49-15-17-52(5,6)7)26-50-16-18-53(8,9)10)46-34(43-32)30(22-42-46)28-19-27-20-29(40)11-12-31(27)41-21-28/h11-12,19-22H,13-18,23-26H2,1-10H3. The first-order valence-electron chi connectivity index (χ1n) is 18.3. The lowest BCUT2D eigenvalue weighted by molar-refractivity contribution is -0.00244. The van der Waals surface area contributed by atoms with Crippen molar-refractivity contribution in [3.8, 4) is 11.1 Å². The first-order chi connectivity index (χ1) is 24.8. The summed E-state index contributed by atoms with van der Waals surface area (Å²) in [4.78, 5) is 27.5. The monoisotopic (exact) mass is 830 g/mol. The number of hydrogen-bond acceptors (Lipinski definition) is 9. The zero-order chi connectivity index (χ0) is 38.8. The van der Waals surface area contributed by atoms with Crippen LogP contribution in [-0.4, -0.2) is 98.3 Å². The van der Waals surface area contributed by atoms with Gasteiger partial charge in [-0.3, -0.25) is 9.88 Å². The summed E-state index contributed by atoms with van der Waals surface area (Å²) in [6.07, 6.45) is 4.64. The molecule has 0 radical (unpaired) electrons. The van der Waals surface area contributed by atoms with Crippen molar-refractivity contribution in [2.24, 2.45) is 0 Å². The summed E-state index contributed by atoms with van der Waals surface area (Å²) in [5.74, 6) is 0.340. The van der Waals surface area contributed by atoms with Gasteiger partial charge in [0.25, 0.3) is 0 Å². The molecule has 1 aliphatic carbocycles. The van der Waals surface area contributed by atoms with E-state index in [1.165, 1.54) is 12.1 Å². The van der Waals surface area contributed by atoms with Gasteiger partial charge in [0.15, 0.2) is 11.5 Å². The summed E-state index contributed by atoms with van der Waals surface area (Å²) in [6, 6.07) is 8.47. The fourth-order valence-electron chi connectivity index (χ4n) is 5.90. The topological polar surface area (TPSA) is 104 Å². The van der Waals surface area contributed by atoms with E-state index in [0.29, 0.717) is 57.9 Å². The van der Waals surface area contributed by atoms with E-state index in [0.717, 1.165) is 30.5 Å². The van der Waals surface area contributed by atoms with E-state index in [9.17, 15) is 9.18 Å². The third kappa shape index (κ3) is 10.8. The predicted octanol–water partition coefficient (Wildman–Crippen LogP) is 9.19. The molecule has 3 aromatic heterocycles. The number of carbonyl (C=O) groups is 1. The van der Waals surface area contributed by atoms with Gasteiger partial charge in [0.05, 0.1) is 40.6 Å². The maximum Gasteiger partial charge on any atom is 0.411 e. The summed E-state index contributed by atoms with van der Waals surface area (Å²) >= 11 is 3.93. The van der Waals surface area contributed by atoms with E-state index in [4.69, 9.17) is 29.0 Å². The Morgan fingerprint density at radius 1 is 1.00 bits per heavy atom. The van der Waals surface area contributed by atoms with Crippen molar-refractivity contribution in [1.29, 1.82) is 0 Å². The number of hydrogen-bond donors (Lipinski definition) is 0. The van der Waals surface area contributed by atoms with Gasteiger partial charge in [-0.05, 0) is 85.9 Å². The summed E-state index contributed by atoms with van der Waals surface area (Å²) < 4.78 is 41.0. The van der Waals surface area contributed by atoms with Crippen molar-refractivity contribution in [3.05, 3.63) is 52.6 Å². The van der Waals surface area contributed by atoms with Gasteiger partial charge in [0.1, 0.15) is 24.9 Å². The zero-order valence-electron chi connectivity index (χ0n) is 33.0. The van der Waals surface area contributed by atoms with E-state index in [2.05, 4.69) is 60.2 Å². The number of fused-ring (bicyclic) bond motifs is 2. The molecule has 3 heterocycles. The van der Waals surface area contributed by atoms with Crippen LogP contribution in [0.2, 0.25) is 51.4 Å². The second-order valence-corrected chi connectivity index (χ2v) is 29.5. The Labute approximate surface area is 323 Å². The molecular weight excluding hydrogens is 776 g/mol. The Bertz CT molecular complexity index is 1880. The van der Waals surface area contributed by atoms with Gasteiger partial charge < -0.3 is 23.8 Å². The van der Waals surface area contributed by atoms with Crippen LogP contribution in [0.1, 0.15) is 39.3 Å². The lowest BCUT2D eigenvalue weighted by Gasteiger charge is -2.34. The molecule has 0 atom stereocenters. The third-order valence-corrected chi connectivity index (χ3v) is 13.3. The molecular formula is C38H56BrFN6O5Si2. The zero-order valence-corrected chi connectivity index (χ0v) is 36.6. The van der Waals surface area contributed by atoms with Gasteiger partial charge in [0, 0.05) is 59.2 Å². The highest BCUT2D eigenvalue weighted by molar-refractivity contribution is 9.10. The molecule has 0 spiro atoms. The normalized spacial score (nSPS) is 14.6. The molecule has 1 aliphatic rings. The maximum absolute atomic E-state index is 14.3. The van der Waals surface area contributed by atoms with Crippen LogP contribution in [0.5, 0.6) is 0 Å². The molecule has 53 heavy (non-hydrogen) atoms. The Balaban J connectivity index is 1.65. The number of benzene rings is 1. The Morgan fingerprint density at radius 2 is 1.64 bits per heavy atom. The van der Waals surface area contributed by atoms with Crippen LogP contribution in [0, 0.1) is 5.82 Å². The van der Waals surface area contributed by atoms with Crippen LogP contribution in [0.25, 0.3) is 27.7 Å². The molecule has 290 valence electrons. The molecule has 1 saturated carbocycles. The smallest absolute Gasteiger partial charge is 0.411 e. The van der Waals surface area contributed by atoms with Gasteiger partial charge in [0.2, 0.25) is 0 Å². The van der Waals surface area contributed by atoms with Crippen LogP contribution in [-0.2, 0) is 25.5 Å². The molecule has 0 aliphatic heterocycles. The third-order valence-electron chi connectivity index (χ3n) is 9.11. The van der Waals surface area contributed by atoms with Gasteiger partial charge in [-0.2, -0.15) is 9.61 Å². The Morgan fingerprint density at radius 3 is 2.21 bits per heavy atom. The van der Waals surface area contributed by atoms with E-state index >= 15 is 0 Å². The molecule has 15 heteroatoms.